The van der Waals surface area contributed by atoms with Crippen molar-refractivity contribution in [3.05, 3.63) is 29.8 Å². The van der Waals surface area contributed by atoms with Gasteiger partial charge in [0, 0.05) is 6.92 Å². The summed E-state index contributed by atoms with van der Waals surface area (Å²) in [4.78, 5) is 15.1. The topological polar surface area (TPSA) is 47.9 Å². The highest BCUT2D eigenvalue weighted by molar-refractivity contribution is 5.80. The summed E-state index contributed by atoms with van der Waals surface area (Å²) in [7, 11) is 0. The Morgan fingerprint density at radius 2 is 1.61 bits per heavy atom. The van der Waals surface area contributed by atoms with Gasteiger partial charge in [-0.25, -0.2) is 4.79 Å². The van der Waals surface area contributed by atoms with Crippen LogP contribution >= 0.6 is 0 Å². The normalized spacial score (nSPS) is 10.9. The Hall–Kier alpha value is -1.84. The molecule has 0 fully saturated rings. The minimum Gasteiger partial charge on any atom is -0.494 e. The van der Waals surface area contributed by atoms with Crippen LogP contribution in [0.3, 0.4) is 0 Å². The minimum absolute atomic E-state index is 0.424. The van der Waals surface area contributed by atoms with E-state index in [4.69, 9.17) is 4.74 Å². The Balaban J connectivity index is 2.09. The van der Waals surface area contributed by atoms with E-state index in [-0.39, 0.29) is 0 Å². The molecule has 0 radical (unpaired) electrons. The zero-order valence-corrected chi connectivity index (χ0v) is 14.4. The van der Waals surface area contributed by atoms with Crippen molar-refractivity contribution in [2.75, 3.05) is 6.61 Å². The maximum Gasteiger partial charge on any atom is 0.331 e. The van der Waals surface area contributed by atoms with Gasteiger partial charge < -0.3 is 9.57 Å². The molecule has 1 rings (SSSR count). The van der Waals surface area contributed by atoms with Crippen molar-refractivity contribution in [1.29, 1.82) is 0 Å². The summed E-state index contributed by atoms with van der Waals surface area (Å²) in [6, 6.07) is 7.58. The van der Waals surface area contributed by atoms with Crippen molar-refractivity contribution < 1.29 is 14.4 Å². The molecule has 1 aromatic rings. The molecule has 128 valence electrons. The summed E-state index contributed by atoms with van der Waals surface area (Å²) >= 11 is 0. The molecule has 0 spiro atoms. The van der Waals surface area contributed by atoms with Crippen LogP contribution in [-0.4, -0.2) is 18.8 Å². The maximum absolute atomic E-state index is 10.6. The summed E-state index contributed by atoms with van der Waals surface area (Å²) in [6.45, 7) is 4.33. The largest absolute Gasteiger partial charge is 0.494 e. The fraction of sp³-hybridized carbons (Fsp3) is 0.579. The van der Waals surface area contributed by atoms with E-state index in [9.17, 15) is 4.79 Å². The highest BCUT2D eigenvalue weighted by Crippen LogP contribution is 2.13. The molecule has 0 aromatic heterocycles. The fourth-order valence-corrected chi connectivity index (χ4v) is 2.24. The molecule has 0 aliphatic carbocycles. The molecule has 0 heterocycles. The lowest BCUT2D eigenvalue weighted by Gasteiger charge is -2.06. The zero-order valence-electron chi connectivity index (χ0n) is 14.4. The molecule has 0 saturated heterocycles. The van der Waals surface area contributed by atoms with Crippen LogP contribution < -0.4 is 4.74 Å². The molecule has 0 atom stereocenters. The third kappa shape index (κ3) is 10.5. The fourth-order valence-electron chi connectivity index (χ4n) is 2.24. The molecule has 23 heavy (non-hydrogen) atoms. The summed E-state index contributed by atoms with van der Waals surface area (Å²) in [5, 5.41) is 3.58. The average molecular weight is 319 g/mol. The molecular weight excluding hydrogens is 290 g/mol. The average Bonchev–Trinajstić information content (AvgIpc) is 2.54. The van der Waals surface area contributed by atoms with Crippen LogP contribution in [0.15, 0.2) is 29.4 Å². The molecule has 0 aliphatic heterocycles. The van der Waals surface area contributed by atoms with Crippen LogP contribution in [0.1, 0.15) is 70.8 Å². The first-order valence-electron chi connectivity index (χ1n) is 8.66. The highest BCUT2D eigenvalue weighted by atomic mass is 16.7. The number of nitrogens with zero attached hydrogens (tertiary/aromatic N) is 1. The van der Waals surface area contributed by atoms with E-state index in [2.05, 4.69) is 16.9 Å². The Morgan fingerprint density at radius 1 is 1.00 bits per heavy atom. The monoisotopic (exact) mass is 319 g/mol. The van der Waals surface area contributed by atoms with Crippen molar-refractivity contribution in [1.82, 2.24) is 0 Å². The smallest absolute Gasteiger partial charge is 0.331 e. The van der Waals surface area contributed by atoms with Gasteiger partial charge in [-0.05, 0) is 36.2 Å². The second-order valence-corrected chi connectivity index (χ2v) is 5.71. The number of benzene rings is 1. The van der Waals surface area contributed by atoms with E-state index in [1.54, 1.807) is 0 Å². The van der Waals surface area contributed by atoms with Crippen LogP contribution in [0, 0.1) is 0 Å². The molecule has 0 N–H and O–H groups in total. The third-order valence-corrected chi connectivity index (χ3v) is 3.53. The summed E-state index contributed by atoms with van der Waals surface area (Å²) in [5.74, 6) is 0.434. The van der Waals surface area contributed by atoms with Gasteiger partial charge in [-0.15, -0.1) is 0 Å². The number of carbonyl (C=O) groups is 1. The van der Waals surface area contributed by atoms with Crippen molar-refractivity contribution >= 4 is 12.2 Å². The van der Waals surface area contributed by atoms with Gasteiger partial charge >= 0.3 is 5.97 Å². The maximum atomic E-state index is 10.6. The van der Waals surface area contributed by atoms with Gasteiger partial charge in [-0.2, -0.15) is 0 Å². The molecule has 0 amide bonds. The van der Waals surface area contributed by atoms with Crippen LogP contribution in [0.5, 0.6) is 5.75 Å². The number of rotatable bonds is 12. The second-order valence-electron chi connectivity index (χ2n) is 5.71. The van der Waals surface area contributed by atoms with Crippen LogP contribution in [0.4, 0.5) is 0 Å². The lowest BCUT2D eigenvalue weighted by atomic mass is 10.1. The zero-order chi connectivity index (χ0) is 16.8. The molecule has 4 heteroatoms. The SMILES string of the molecule is CCCCCCCCCCOc1ccc(/C=N/OC(C)=O)cc1. The number of hydrogen-bond acceptors (Lipinski definition) is 4. The molecule has 0 unspecified atom stereocenters. The molecule has 1 aromatic carbocycles. The molecule has 0 aliphatic rings. The summed E-state index contributed by atoms with van der Waals surface area (Å²) in [5.41, 5.74) is 0.866. The lowest BCUT2D eigenvalue weighted by molar-refractivity contribution is -0.140. The van der Waals surface area contributed by atoms with Gasteiger partial charge in [-0.1, -0.05) is 57.0 Å². The second kappa shape index (κ2) is 12.7. The van der Waals surface area contributed by atoms with Crippen molar-refractivity contribution in [3.63, 3.8) is 0 Å². The standard InChI is InChI=1S/C19H29NO3/c1-3-4-5-6-7-8-9-10-15-22-19-13-11-18(12-14-19)16-20-23-17(2)21/h11-14,16H,3-10,15H2,1-2H3/b20-16+. The van der Waals surface area contributed by atoms with Crippen LogP contribution in [-0.2, 0) is 9.63 Å². The minimum atomic E-state index is -0.424. The van der Waals surface area contributed by atoms with E-state index in [0.717, 1.165) is 24.3 Å². The number of unbranched alkanes of at least 4 members (excludes halogenated alkanes) is 7. The van der Waals surface area contributed by atoms with Gasteiger partial charge in [0.1, 0.15) is 5.75 Å². The van der Waals surface area contributed by atoms with Crippen LogP contribution in [0.2, 0.25) is 0 Å². The van der Waals surface area contributed by atoms with E-state index < -0.39 is 5.97 Å². The van der Waals surface area contributed by atoms with Crippen LogP contribution in [0.25, 0.3) is 0 Å². The van der Waals surface area contributed by atoms with Crippen molar-refractivity contribution in [2.45, 2.75) is 65.2 Å². The van der Waals surface area contributed by atoms with E-state index in [0.29, 0.717) is 0 Å². The van der Waals surface area contributed by atoms with Crippen molar-refractivity contribution in [3.8, 4) is 5.75 Å². The lowest BCUT2D eigenvalue weighted by Crippen LogP contribution is -1.97. The Morgan fingerprint density at radius 3 is 2.22 bits per heavy atom. The van der Waals surface area contributed by atoms with Gasteiger partial charge in [-0.3, -0.25) is 0 Å². The predicted molar refractivity (Wildman–Crippen MR) is 93.9 cm³/mol. The predicted octanol–water partition coefficient (Wildman–Crippen LogP) is 5.10. The van der Waals surface area contributed by atoms with E-state index in [1.807, 2.05) is 24.3 Å². The van der Waals surface area contributed by atoms with Gasteiger partial charge in [0.2, 0.25) is 0 Å². The molecule has 0 saturated carbocycles. The molecule has 4 nitrogen and oxygen atoms in total. The Kier molecular flexibility index (Phi) is 10.6. The van der Waals surface area contributed by atoms with E-state index in [1.165, 1.54) is 58.1 Å². The number of ether oxygens (including phenoxy) is 1. The molecule has 0 bridgehead atoms. The first kappa shape index (κ1) is 19.2. The Labute approximate surface area is 139 Å². The number of oxime groups is 1. The first-order valence-corrected chi connectivity index (χ1v) is 8.66. The number of carbonyl (C=O) groups excluding carboxylic acids is 1. The summed E-state index contributed by atoms with van der Waals surface area (Å²) < 4.78 is 5.72. The van der Waals surface area contributed by atoms with E-state index >= 15 is 0 Å². The number of hydrogen-bond donors (Lipinski definition) is 0. The van der Waals surface area contributed by atoms with Gasteiger partial charge in [0.25, 0.3) is 0 Å². The third-order valence-electron chi connectivity index (χ3n) is 3.53. The summed E-state index contributed by atoms with van der Waals surface area (Å²) in [6.07, 6.45) is 11.9. The first-order chi connectivity index (χ1) is 11.2. The van der Waals surface area contributed by atoms with Gasteiger partial charge in [0.15, 0.2) is 0 Å². The van der Waals surface area contributed by atoms with Crippen molar-refractivity contribution in [2.24, 2.45) is 5.16 Å². The van der Waals surface area contributed by atoms with Gasteiger partial charge in [0.05, 0.1) is 12.8 Å². The Bertz CT molecular complexity index is 454. The molecular formula is C19H29NO3. The quantitative estimate of drug-likeness (QED) is 0.233. The highest BCUT2D eigenvalue weighted by Gasteiger charge is 1.96.